The van der Waals surface area contributed by atoms with Gasteiger partial charge < -0.3 is 0 Å². The maximum absolute atomic E-state index is 12.7. The molecule has 3 nitrogen and oxygen atoms in total. The van der Waals surface area contributed by atoms with E-state index in [1.807, 2.05) is 78.2 Å². The van der Waals surface area contributed by atoms with Crippen LogP contribution in [0.4, 0.5) is 0 Å². The molecular formula is C19H16N2OS. The van der Waals surface area contributed by atoms with Crippen molar-refractivity contribution in [3.63, 3.8) is 0 Å². The number of carbonyl (C=O) groups is 1. The summed E-state index contributed by atoms with van der Waals surface area (Å²) in [7, 11) is 0. The minimum Gasteiger partial charge on any atom is -0.272 e. The van der Waals surface area contributed by atoms with Crippen LogP contribution in [-0.2, 0) is 4.79 Å². The molecule has 0 saturated heterocycles. The van der Waals surface area contributed by atoms with Crippen LogP contribution in [-0.4, -0.2) is 12.1 Å². The first-order valence-corrected chi connectivity index (χ1v) is 8.19. The first kappa shape index (κ1) is 15.2. The lowest BCUT2D eigenvalue weighted by Crippen LogP contribution is -2.26. The van der Waals surface area contributed by atoms with Gasteiger partial charge >= 0.3 is 0 Å². The summed E-state index contributed by atoms with van der Waals surface area (Å²) in [5, 5.41) is 6.04. The Kier molecular flexibility index (Phi) is 4.96. The minimum atomic E-state index is -0.377. The molecule has 0 radical (unpaired) electrons. The summed E-state index contributed by atoms with van der Waals surface area (Å²) < 4.78 is 0. The van der Waals surface area contributed by atoms with Crippen LogP contribution in [0.3, 0.4) is 0 Å². The fourth-order valence-corrected chi connectivity index (χ4v) is 2.96. The molecule has 0 unspecified atom stereocenters. The second-order valence-electron chi connectivity index (χ2n) is 5.00. The first-order chi connectivity index (χ1) is 11.3. The van der Waals surface area contributed by atoms with Crippen molar-refractivity contribution in [1.82, 2.24) is 5.43 Å². The molecule has 1 heterocycles. The zero-order chi connectivity index (χ0) is 15.9. The summed E-state index contributed by atoms with van der Waals surface area (Å²) in [4.78, 5) is 13.7. The van der Waals surface area contributed by atoms with E-state index in [1.165, 1.54) is 0 Å². The van der Waals surface area contributed by atoms with Gasteiger partial charge in [-0.05, 0) is 22.6 Å². The third-order valence-corrected chi connectivity index (χ3v) is 4.24. The van der Waals surface area contributed by atoms with Crippen LogP contribution in [0, 0.1) is 0 Å². The lowest BCUT2D eigenvalue weighted by molar-refractivity contribution is -0.121. The molecule has 0 saturated carbocycles. The van der Waals surface area contributed by atoms with Gasteiger partial charge in [0, 0.05) is 4.88 Å². The van der Waals surface area contributed by atoms with Crippen molar-refractivity contribution >= 4 is 23.5 Å². The van der Waals surface area contributed by atoms with Crippen LogP contribution < -0.4 is 5.43 Å². The van der Waals surface area contributed by atoms with Gasteiger partial charge in [-0.1, -0.05) is 66.7 Å². The molecular weight excluding hydrogens is 304 g/mol. The highest BCUT2D eigenvalue weighted by atomic mass is 32.1. The molecule has 0 aliphatic carbocycles. The van der Waals surface area contributed by atoms with E-state index in [1.54, 1.807) is 17.6 Å². The van der Waals surface area contributed by atoms with Crippen molar-refractivity contribution in [2.45, 2.75) is 5.92 Å². The number of amides is 1. The number of thiophene rings is 1. The number of nitrogens with zero attached hydrogens (tertiary/aromatic N) is 1. The Hall–Kier alpha value is -2.72. The molecule has 0 fully saturated rings. The Morgan fingerprint density at radius 3 is 2.04 bits per heavy atom. The first-order valence-electron chi connectivity index (χ1n) is 7.31. The third kappa shape index (κ3) is 3.93. The lowest BCUT2D eigenvalue weighted by Gasteiger charge is -2.16. The highest BCUT2D eigenvalue weighted by molar-refractivity contribution is 7.11. The van der Waals surface area contributed by atoms with Crippen molar-refractivity contribution in [2.24, 2.45) is 5.10 Å². The molecule has 1 N–H and O–H groups in total. The van der Waals surface area contributed by atoms with E-state index in [-0.39, 0.29) is 11.8 Å². The molecule has 3 aromatic rings. The van der Waals surface area contributed by atoms with E-state index in [9.17, 15) is 4.79 Å². The summed E-state index contributed by atoms with van der Waals surface area (Å²) in [5.74, 6) is -0.520. The molecule has 0 atom stereocenters. The summed E-state index contributed by atoms with van der Waals surface area (Å²) in [6.07, 6.45) is 1.66. The molecule has 1 amide bonds. The molecule has 1 aromatic heterocycles. The van der Waals surface area contributed by atoms with Gasteiger partial charge in [0.05, 0.1) is 12.1 Å². The van der Waals surface area contributed by atoms with E-state index in [4.69, 9.17) is 0 Å². The number of hydrogen-bond donors (Lipinski definition) is 1. The van der Waals surface area contributed by atoms with E-state index >= 15 is 0 Å². The second kappa shape index (κ2) is 7.51. The predicted molar refractivity (Wildman–Crippen MR) is 94.8 cm³/mol. The van der Waals surface area contributed by atoms with Crippen molar-refractivity contribution in [1.29, 1.82) is 0 Å². The largest absolute Gasteiger partial charge is 0.272 e. The van der Waals surface area contributed by atoms with Gasteiger partial charge in [-0.3, -0.25) is 4.79 Å². The van der Waals surface area contributed by atoms with Crippen LogP contribution in [0.1, 0.15) is 21.9 Å². The van der Waals surface area contributed by atoms with E-state index in [0.717, 1.165) is 16.0 Å². The fourth-order valence-electron chi connectivity index (χ4n) is 2.37. The molecule has 0 spiro atoms. The molecule has 0 aliphatic heterocycles. The maximum Gasteiger partial charge on any atom is 0.252 e. The normalized spacial score (nSPS) is 11.0. The van der Waals surface area contributed by atoms with Crippen LogP contribution in [0.2, 0.25) is 0 Å². The molecule has 23 heavy (non-hydrogen) atoms. The van der Waals surface area contributed by atoms with Gasteiger partial charge in [0.15, 0.2) is 0 Å². The van der Waals surface area contributed by atoms with Crippen molar-refractivity contribution in [2.75, 3.05) is 0 Å². The number of nitrogens with one attached hydrogen (secondary N) is 1. The monoisotopic (exact) mass is 320 g/mol. The van der Waals surface area contributed by atoms with Gasteiger partial charge in [0.2, 0.25) is 0 Å². The van der Waals surface area contributed by atoms with Crippen molar-refractivity contribution in [3.8, 4) is 0 Å². The van der Waals surface area contributed by atoms with E-state index in [2.05, 4.69) is 10.5 Å². The zero-order valence-electron chi connectivity index (χ0n) is 12.4. The quantitative estimate of drug-likeness (QED) is 0.559. The van der Waals surface area contributed by atoms with Crippen LogP contribution in [0.5, 0.6) is 0 Å². The third-order valence-electron chi connectivity index (χ3n) is 3.44. The number of carbonyl (C=O) groups excluding carboxylic acids is 1. The van der Waals surface area contributed by atoms with E-state index < -0.39 is 0 Å². The topological polar surface area (TPSA) is 41.5 Å². The van der Waals surface area contributed by atoms with Gasteiger partial charge in [-0.25, -0.2) is 5.43 Å². The highest BCUT2D eigenvalue weighted by Crippen LogP contribution is 2.24. The Bertz CT molecular complexity index is 728. The standard InChI is InChI=1S/C19H16N2OS/c22-19(21-20-14-17-12-7-13-23-17)18(15-8-3-1-4-9-15)16-10-5-2-6-11-16/h1-14,18H,(H,21,22)/b20-14+. The average molecular weight is 320 g/mol. The lowest BCUT2D eigenvalue weighted by atomic mass is 9.91. The molecule has 0 bridgehead atoms. The Labute approximate surface area is 139 Å². The number of hydrazone groups is 1. The summed E-state index contributed by atoms with van der Waals surface area (Å²) in [5.41, 5.74) is 4.55. The Morgan fingerprint density at radius 1 is 0.913 bits per heavy atom. The SMILES string of the molecule is O=C(N/N=C/c1cccs1)C(c1ccccc1)c1ccccc1. The van der Waals surface area contributed by atoms with Gasteiger partial charge in [0.25, 0.3) is 5.91 Å². The summed E-state index contributed by atoms with van der Waals surface area (Å²) in [6, 6.07) is 23.4. The highest BCUT2D eigenvalue weighted by Gasteiger charge is 2.22. The summed E-state index contributed by atoms with van der Waals surface area (Å²) in [6.45, 7) is 0. The molecule has 2 aromatic carbocycles. The van der Waals surface area contributed by atoms with Crippen molar-refractivity contribution < 1.29 is 4.79 Å². The van der Waals surface area contributed by atoms with Gasteiger partial charge in [-0.2, -0.15) is 5.10 Å². The van der Waals surface area contributed by atoms with Gasteiger partial charge in [0.1, 0.15) is 0 Å². The van der Waals surface area contributed by atoms with Crippen molar-refractivity contribution in [3.05, 3.63) is 94.2 Å². The summed E-state index contributed by atoms with van der Waals surface area (Å²) >= 11 is 1.58. The number of benzene rings is 2. The Morgan fingerprint density at radius 2 is 1.52 bits per heavy atom. The van der Waals surface area contributed by atoms with E-state index in [0.29, 0.717) is 0 Å². The number of rotatable bonds is 5. The van der Waals surface area contributed by atoms with Gasteiger partial charge in [-0.15, -0.1) is 11.3 Å². The number of hydrogen-bond acceptors (Lipinski definition) is 3. The smallest absolute Gasteiger partial charge is 0.252 e. The average Bonchev–Trinajstić information content (AvgIpc) is 3.10. The minimum absolute atomic E-state index is 0.143. The maximum atomic E-state index is 12.7. The van der Waals surface area contributed by atoms with Crippen LogP contribution >= 0.6 is 11.3 Å². The molecule has 4 heteroatoms. The molecule has 114 valence electrons. The Balaban J connectivity index is 1.82. The zero-order valence-corrected chi connectivity index (χ0v) is 13.2. The fraction of sp³-hybridized carbons (Fsp3) is 0.0526. The predicted octanol–water partition coefficient (Wildman–Crippen LogP) is 4.03. The van der Waals surface area contributed by atoms with Crippen LogP contribution in [0.15, 0.2) is 83.3 Å². The van der Waals surface area contributed by atoms with Crippen LogP contribution in [0.25, 0.3) is 0 Å². The second-order valence-corrected chi connectivity index (χ2v) is 5.98. The molecule has 0 aliphatic rings. The molecule has 3 rings (SSSR count).